The monoisotopic (exact) mass is 390 g/mol. The third kappa shape index (κ3) is 3.74. The number of carbonyl (C=O) groups is 2. The highest BCUT2D eigenvalue weighted by Crippen LogP contribution is 2.40. The van der Waals surface area contributed by atoms with Crippen molar-refractivity contribution in [3.05, 3.63) is 57.8 Å². The fourth-order valence-electron chi connectivity index (χ4n) is 2.56. The lowest BCUT2D eigenvalue weighted by Crippen LogP contribution is -2.38. The molecule has 0 fully saturated rings. The van der Waals surface area contributed by atoms with E-state index in [0.29, 0.717) is 32.4 Å². The van der Waals surface area contributed by atoms with E-state index in [1.807, 2.05) is 0 Å². The van der Waals surface area contributed by atoms with Gasteiger partial charge in [0.1, 0.15) is 5.60 Å². The first kappa shape index (κ1) is 18.4. The molecule has 2 amide bonds. The van der Waals surface area contributed by atoms with Crippen molar-refractivity contribution in [2.45, 2.75) is 26.4 Å². The van der Waals surface area contributed by atoms with Gasteiger partial charge >= 0.3 is 6.09 Å². The van der Waals surface area contributed by atoms with E-state index in [1.54, 1.807) is 57.3 Å². The Morgan fingerprint density at radius 1 is 1.15 bits per heavy atom. The summed E-state index contributed by atoms with van der Waals surface area (Å²) >= 11 is 12.0. The normalized spacial score (nSPS) is 15.3. The molecule has 0 radical (unpaired) electrons. The van der Waals surface area contributed by atoms with E-state index < -0.39 is 17.6 Å². The van der Waals surface area contributed by atoms with Crippen LogP contribution in [0.2, 0.25) is 10.0 Å². The summed E-state index contributed by atoms with van der Waals surface area (Å²) in [7, 11) is 0. The van der Waals surface area contributed by atoms with Gasteiger partial charge < -0.3 is 4.74 Å². The quantitative estimate of drug-likeness (QED) is 0.626. The van der Waals surface area contributed by atoms with Crippen LogP contribution in [0.1, 0.15) is 31.9 Å². The molecule has 1 aromatic heterocycles. The number of aromatic nitrogens is 1. The fourth-order valence-corrected chi connectivity index (χ4v) is 2.91. The van der Waals surface area contributed by atoms with Crippen molar-refractivity contribution in [2.75, 3.05) is 4.90 Å². The average Bonchev–Trinajstić information content (AvgIpc) is 2.77. The van der Waals surface area contributed by atoms with Gasteiger partial charge in [0.2, 0.25) is 0 Å². The van der Waals surface area contributed by atoms with E-state index in [-0.39, 0.29) is 0 Å². The molecule has 5 nitrogen and oxygen atoms in total. The van der Waals surface area contributed by atoms with E-state index in [1.165, 1.54) is 6.20 Å². The van der Waals surface area contributed by atoms with Crippen LogP contribution in [-0.2, 0) is 9.53 Å². The van der Waals surface area contributed by atoms with Crippen molar-refractivity contribution >= 4 is 52.5 Å². The van der Waals surface area contributed by atoms with Crippen LogP contribution in [0.25, 0.3) is 11.6 Å². The summed E-state index contributed by atoms with van der Waals surface area (Å²) in [4.78, 5) is 30.5. The highest BCUT2D eigenvalue weighted by Gasteiger charge is 2.39. The van der Waals surface area contributed by atoms with Crippen molar-refractivity contribution in [1.82, 2.24) is 4.98 Å². The molecule has 2 aromatic rings. The molecule has 0 N–H and O–H groups in total. The molecular weight excluding hydrogens is 375 g/mol. The zero-order valence-electron chi connectivity index (χ0n) is 14.4. The molecule has 0 saturated heterocycles. The summed E-state index contributed by atoms with van der Waals surface area (Å²) in [6.07, 6.45) is 3.97. The summed E-state index contributed by atoms with van der Waals surface area (Å²) in [5, 5.41) is 0.862. The molecule has 0 aliphatic carbocycles. The van der Waals surface area contributed by atoms with Crippen LogP contribution in [0.4, 0.5) is 10.5 Å². The van der Waals surface area contributed by atoms with E-state index in [4.69, 9.17) is 27.9 Å². The van der Waals surface area contributed by atoms with Gasteiger partial charge in [0.05, 0.1) is 16.3 Å². The summed E-state index contributed by atoms with van der Waals surface area (Å²) in [5.74, 6) is -0.489. The number of fused-ring (bicyclic) bond motifs is 1. The van der Waals surface area contributed by atoms with Gasteiger partial charge in [-0.2, -0.15) is 0 Å². The smallest absolute Gasteiger partial charge is 0.422 e. The maximum absolute atomic E-state index is 13.0. The molecular formula is C19H16Cl2N2O3. The molecule has 3 rings (SSSR count). The number of hydrogen-bond acceptors (Lipinski definition) is 4. The Morgan fingerprint density at radius 2 is 1.88 bits per heavy atom. The Hall–Kier alpha value is -2.37. The lowest BCUT2D eigenvalue weighted by atomic mass is 10.0. The number of halogens is 2. The molecule has 134 valence electrons. The van der Waals surface area contributed by atoms with Gasteiger partial charge in [0, 0.05) is 23.0 Å². The first-order chi connectivity index (χ1) is 12.2. The minimum absolute atomic E-state index is 0.339. The van der Waals surface area contributed by atoms with Crippen molar-refractivity contribution in [3.63, 3.8) is 0 Å². The minimum atomic E-state index is -0.751. The second-order valence-corrected chi connectivity index (χ2v) is 7.65. The van der Waals surface area contributed by atoms with Crippen LogP contribution in [-0.4, -0.2) is 22.6 Å². The average molecular weight is 391 g/mol. The Bertz CT molecular complexity index is 933. The first-order valence-electron chi connectivity index (χ1n) is 7.85. The summed E-state index contributed by atoms with van der Waals surface area (Å²) in [6.45, 7) is 5.20. The standard InChI is InChI=1S/C19H16Cl2N2O3/c1-19(2,3)26-18(25)23-16-8-12(20)4-5-14(16)15(17(23)24)7-11-6-13(21)10-22-9-11/h4-10H,1-3H3/b15-7-. The third-order valence-corrected chi connectivity index (χ3v) is 3.98. The van der Waals surface area contributed by atoms with Gasteiger partial charge in [-0.15, -0.1) is 0 Å². The first-order valence-corrected chi connectivity index (χ1v) is 8.61. The topological polar surface area (TPSA) is 59.5 Å². The van der Waals surface area contributed by atoms with Gasteiger partial charge in [0.15, 0.2) is 0 Å². The molecule has 0 spiro atoms. The molecule has 0 unspecified atom stereocenters. The Labute approximate surface area is 161 Å². The molecule has 0 atom stereocenters. The fraction of sp³-hybridized carbons (Fsp3) is 0.211. The number of hydrogen-bond donors (Lipinski definition) is 0. The molecule has 1 aromatic carbocycles. The number of nitrogens with zero attached hydrogens (tertiary/aromatic N) is 2. The SMILES string of the molecule is CC(C)(C)OC(=O)N1C(=O)/C(=C\c2cncc(Cl)c2)c2ccc(Cl)cc21. The zero-order valence-corrected chi connectivity index (χ0v) is 15.9. The number of ether oxygens (including phenoxy) is 1. The summed E-state index contributed by atoms with van der Waals surface area (Å²) < 4.78 is 5.37. The lowest BCUT2D eigenvalue weighted by Gasteiger charge is -2.23. The van der Waals surface area contributed by atoms with Crippen LogP contribution in [0.3, 0.4) is 0 Å². The van der Waals surface area contributed by atoms with Crippen molar-refractivity contribution in [1.29, 1.82) is 0 Å². The molecule has 0 saturated carbocycles. The van der Waals surface area contributed by atoms with Crippen LogP contribution in [0.15, 0.2) is 36.7 Å². The molecule has 1 aliphatic rings. The van der Waals surface area contributed by atoms with Gasteiger partial charge in [-0.1, -0.05) is 29.3 Å². The van der Waals surface area contributed by atoms with Crippen molar-refractivity contribution < 1.29 is 14.3 Å². The second kappa shape index (κ2) is 6.74. The third-order valence-electron chi connectivity index (χ3n) is 3.54. The molecule has 26 heavy (non-hydrogen) atoms. The largest absolute Gasteiger partial charge is 0.443 e. The number of rotatable bonds is 1. The number of anilines is 1. The van der Waals surface area contributed by atoms with E-state index in [9.17, 15) is 9.59 Å². The van der Waals surface area contributed by atoms with Crippen LogP contribution in [0, 0.1) is 0 Å². The van der Waals surface area contributed by atoms with E-state index >= 15 is 0 Å². The number of carbonyl (C=O) groups excluding carboxylic acids is 2. The molecule has 1 aliphatic heterocycles. The van der Waals surface area contributed by atoms with Crippen molar-refractivity contribution in [2.24, 2.45) is 0 Å². The van der Waals surface area contributed by atoms with E-state index in [2.05, 4.69) is 4.98 Å². The van der Waals surface area contributed by atoms with Crippen LogP contribution >= 0.6 is 23.2 Å². The van der Waals surface area contributed by atoms with Gasteiger partial charge in [0.25, 0.3) is 5.91 Å². The molecule has 0 bridgehead atoms. The highest BCUT2D eigenvalue weighted by atomic mass is 35.5. The number of pyridine rings is 1. The maximum atomic E-state index is 13.0. The van der Waals surface area contributed by atoms with Gasteiger partial charge in [-0.05, 0) is 50.6 Å². The number of amides is 2. The van der Waals surface area contributed by atoms with Crippen LogP contribution < -0.4 is 4.90 Å². The maximum Gasteiger partial charge on any atom is 0.422 e. The molecule has 7 heteroatoms. The Kier molecular flexibility index (Phi) is 4.78. The predicted octanol–water partition coefficient (Wildman–Crippen LogP) is 5.21. The minimum Gasteiger partial charge on any atom is -0.443 e. The summed E-state index contributed by atoms with van der Waals surface area (Å²) in [5.41, 5.74) is 1.22. The Balaban J connectivity index is 2.09. The molecule has 2 heterocycles. The predicted molar refractivity (Wildman–Crippen MR) is 102 cm³/mol. The lowest BCUT2D eigenvalue weighted by molar-refractivity contribution is -0.112. The number of benzene rings is 1. The van der Waals surface area contributed by atoms with Gasteiger partial charge in [-0.25, -0.2) is 9.69 Å². The van der Waals surface area contributed by atoms with Crippen molar-refractivity contribution in [3.8, 4) is 0 Å². The van der Waals surface area contributed by atoms with Crippen LogP contribution in [0.5, 0.6) is 0 Å². The van der Waals surface area contributed by atoms with Gasteiger partial charge in [-0.3, -0.25) is 9.78 Å². The Morgan fingerprint density at radius 3 is 2.54 bits per heavy atom. The summed E-state index contributed by atoms with van der Waals surface area (Å²) in [6, 6.07) is 6.61. The highest BCUT2D eigenvalue weighted by molar-refractivity contribution is 6.42. The number of imide groups is 1. The second-order valence-electron chi connectivity index (χ2n) is 6.78. The zero-order chi connectivity index (χ0) is 19.1. The van der Waals surface area contributed by atoms with E-state index in [0.717, 1.165) is 4.90 Å².